The molecule has 0 bridgehead atoms. The molecule has 0 spiro atoms. The molecule has 1 rings (SSSR count). The van der Waals surface area contributed by atoms with E-state index < -0.39 is 0 Å². The van der Waals surface area contributed by atoms with E-state index in [1.807, 2.05) is 19.9 Å². The van der Waals surface area contributed by atoms with Crippen molar-refractivity contribution < 1.29 is 4.79 Å². The van der Waals surface area contributed by atoms with Crippen LogP contribution in [0.1, 0.15) is 24.5 Å². The van der Waals surface area contributed by atoms with Gasteiger partial charge in [-0.3, -0.25) is 9.78 Å². The smallest absolute Gasteiger partial charge is 0.219 e. The highest BCUT2D eigenvalue weighted by atomic mass is 16.1. The van der Waals surface area contributed by atoms with Crippen molar-refractivity contribution in [2.24, 2.45) is 0 Å². The van der Waals surface area contributed by atoms with Crippen LogP contribution in [0.5, 0.6) is 0 Å². The highest BCUT2D eigenvalue weighted by Gasteiger charge is 1.99. The van der Waals surface area contributed by atoms with Crippen LogP contribution >= 0.6 is 0 Å². The van der Waals surface area contributed by atoms with Gasteiger partial charge in [0.25, 0.3) is 0 Å². The van der Waals surface area contributed by atoms with Crippen LogP contribution in [0.15, 0.2) is 18.5 Å². The van der Waals surface area contributed by atoms with Crippen LogP contribution in [0.3, 0.4) is 0 Å². The Hall–Kier alpha value is -1.38. The Kier molecular flexibility index (Phi) is 3.43. The van der Waals surface area contributed by atoms with Crippen LogP contribution < -0.4 is 5.32 Å². The van der Waals surface area contributed by atoms with Gasteiger partial charge in [0.15, 0.2) is 0 Å². The Morgan fingerprint density at radius 2 is 2.38 bits per heavy atom. The Bertz CT molecular complexity index is 297. The zero-order chi connectivity index (χ0) is 9.68. The summed E-state index contributed by atoms with van der Waals surface area (Å²) in [6.45, 7) is 4.43. The van der Waals surface area contributed by atoms with Gasteiger partial charge >= 0.3 is 0 Å². The molecule has 1 aromatic heterocycles. The average Bonchev–Trinajstić information content (AvgIpc) is 2.16. The lowest BCUT2D eigenvalue weighted by Gasteiger charge is -2.05. The van der Waals surface area contributed by atoms with Gasteiger partial charge in [-0.25, -0.2) is 0 Å². The Morgan fingerprint density at radius 3 is 3.00 bits per heavy atom. The summed E-state index contributed by atoms with van der Waals surface area (Å²) >= 11 is 0. The van der Waals surface area contributed by atoms with E-state index in [-0.39, 0.29) is 5.91 Å². The predicted molar refractivity (Wildman–Crippen MR) is 51.1 cm³/mol. The van der Waals surface area contributed by atoms with Crippen molar-refractivity contribution in [3.8, 4) is 0 Å². The minimum absolute atomic E-state index is 0.0798. The molecule has 1 amide bonds. The van der Waals surface area contributed by atoms with Crippen molar-refractivity contribution in [2.45, 2.75) is 26.8 Å². The molecule has 0 radical (unpaired) electrons. The summed E-state index contributed by atoms with van der Waals surface area (Å²) in [5.41, 5.74) is 2.23. The van der Waals surface area contributed by atoms with Crippen LogP contribution in [0, 0.1) is 6.92 Å². The summed E-state index contributed by atoms with van der Waals surface area (Å²) in [6.07, 6.45) is 4.07. The molecule has 1 aromatic rings. The van der Waals surface area contributed by atoms with E-state index in [0.717, 1.165) is 11.1 Å². The maximum atomic E-state index is 11.0. The van der Waals surface area contributed by atoms with Gasteiger partial charge in [-0.2, -0.15) is 0 Å². The second kappa shape index (κ2) is 4.60. The van der Waals surface area contributed by atoms with Crippen molar-refractivity contribution in [3.05, 3.63) is 29.6 Å². The predicted octanol–water partition coefficient (Wildman–Crippen LogP) is 1.42. The molecule has 1 heterocycles. The van der Waals surface area contributed by atoms with E-state index in [0.29, 0.717) is 13.0 Å². The first kappa shape index (κ1) is 9.71. The number of nitrogens with zero attached hydrogens (tertiary/aromatic N) is 1. The molecular formula is C10H14N2O. The molecule has 0 aliphatic rings. The zero-order valence-corrected chi connectivity index (χ0v) is 8.00. The summed E-state index contributed by atoms with van der Waals surface area (Å²) in [7, 11) is 0. The molecule has 3 nitrogen and oxygen atoms in total. The van der Waals surface area contributed by atoms with Gasteiger partial charge in [-0.1, -0.05) is 6.92 Å². The topological polar surface area (TPSA) is 42.0 Å². The maximum absolute atomic E-state index is 11.0. The molecule has 0 saturated heterocycles. The average molecular weight is 178 g/mol. The normalized spacial score (nSPS) is 9.69. The van der Waals surface area contributed by atoms with Crippen LogP contribution in [-0.4, -0.2) is 10.9 Å². The van der Waals surface area contributed by atoms with E-state index in [1.54, 1.807) is 12.4 Å². The number of hydrogen-bond acceptors (Lipinski definition) is 2. The second-order valence-corrected chi connectivity index (χ2v) is 2.93. The van der Waals surface area contributed by atoms with E-state index in [2.05, 4.69) is 10.3 Å². The molecule has 13 heavy (non-hydrogen) atoms. The third-order valence-corrected chi connectivity index (χ3v) is 1.93. The molecule has 0 saturated carbocycles. The number of carbonyl (C=O) groups is 1. The summed E-state index contributed by atoms with van der Waals surface area (Å²) in [4.78, 5) is 14.9. The van der Waals surface area contributed by atoms with Crippen LogP contribution in [0.2, 0.25) is 0 Å². The molecule has 70 valence electrons. The molecule has 0 atom stereocenters. The molecule has 0 aromatic carbocycles. The molecule has 0 unspecified atom stereocenters. The van der Waals surface area contributed by atoms with Crippen molar-refractivity contribution in [3.63, 3.8) is 0 Å². The van der Waals surface area contributed by atoms with Crippen molar-refractivity contribution in [2.75, 3.05) is 0 Å². The van der Waals surface area contributed by atoms with Crippen LogP contribution in [-0.2, 0) is 11.3 Å². The lowest BCUT2D eigenvalue weighted by molar-refractivity contribution is -0.120. The van der Waals surface area contributed by atoms with E-state index in [1.165, 1.54) is 0 Å². The first-order valence-corrected chi connectivity index (χ1v) is 4.40. The van der Waals surface area contributed by atoms with Crippen molar-refractivity contribution >= 4 is 5.91 Å². The fourth-order valence-electron chi connectivity index (χ4n) is 1.02. The number of aryl methyl sites for hydroxylation is 1. The van der Waals surface area contributed by atoms with Gasteiger partial charge in [0.2, 0.25) is 5.91 Å². The Morgan fingerprint density at radius 1 is 1.62 bits per heavy atom. The van der Waals surface area contributed by atoms with Crippen LogP contribution in [0.4, 0.5) is 0 Å². The second-order valence-electron chi connectivity index (χ2n) is 2.93. The lowest BCUT2D eigenvalue weighted by atomic mass is 10.1. The summed E-state index contributed by atoms with van der Waals surface area (Å²) in [5, 5.41) is 2.82. The van der Waals surface area contributed by atoms with E-state index in [4.69, 9.17) is 0 Å². The van der Waals surface area contributed by atoms with Gasteiger partial charge in [0, 0.05) is 25.4 Å². The minimum atomic E-state index is 0.0798. The fraction of sp³-hybridized carbons (Fsp3) is 0.400. The summed E-state index contributed by atoms with van der Waals surface area (Å²) in [5.74, 6) is 0.0798. The Labute approximate surface area is 78.2 Å². The van der Waals surface area contributed by atoms with Crippen molar-refractivity contribution in [1.29, 1.82) is 0 Å². The maximum Gasteiger partial charge on any atom is 0.219 e. The molecule has 0 aliphatic carbocycles. The molecule has 0 fully saturated rings. The number of carbonyl (C=O) groups excluding carboxylic acids is 1. The third-order valence-electron chi connectivity index (χ3n) is 1.93. The van der Waals surface area contributed by atoms with E-state index in [9.17, 15) is 4.79 Å². The number of rotatable bonds is 3. The van der Waals surface area contributed by atoms with Gasteiger partial charge in [0.05, 0.1) is 0 Å². The minimum Gasteiger partial charge on any atom is -0.352 e. The van der Waals surface area contributed by atoms with Crippen molar-refractivity contribution in [1.82, 2.24) is 10.3 Å². The van der Waals surface area contributed by atoms with E-state index >= 15 is 0 Å². The standard InChI is InChI=1S/C10H14N2O/c1-3-10(13)12-7-9-4-5-11-6-8(9)2/h4-6H,3,7H2,1-2H3,(H,12,13). The number of hydrogen-bond donors (Lipinski definition) is 1. The molecule has 0 aliphatic heterocycles. The zero-order valence-electron chi connectivity index (χ0n) is 8.00. The highest BCUT2D eigenvalue weighted by Crippen LogP contribution is 2.03. The number of nitrogens with one attached hydrogen (secondary N) is 1. The first-order valence-electron chi connectivity index (χ1n) is 4.40. The van der Waals surface area contributed by atoms with Gasteiger partial charge in [0.1, 0.15) is 0 Å². The lowest BCUT2D eigenvalue weighted by Crippen LogP contribution is -2.21. The molecule has 3 heteroatoms. The monoisotopic (exact) mass is 178 g/mol. The summed E-state index contributed by atoms with van der Waals surface area (Å²) < 4.78 is 0. The highest BCUT2D eigenvalue weighted by molar-refractivity contribution is 5.75. The number of aromatic nitrogens is 1. The van der Waals surface area contributed by atoms with Gasteiger partial charge in [-0.05, 0) is 24.1 Å². The Balaban J connectivity index is 2.54. The number of pyridine rings is 1. The van der Waals surface area contributed by atoms with Gasteiger partial charge in [-0.15, -0.1) is 0 Å². The summed E-state index contributed by atoms with van der Waals surface area (Å²) in [6, 6.07) is 1.92. The SMILES string of the molecule is CCC(=O)NCc1ccncc1C. The first-order chi connectivity index (χ1) is 6.24. The number of amides is 1. The fourth-order valence-corrected chi connectivity index (χ4v) is 1.02. The van der Waals surface area contributed by atoms with Crippen LogP contribution in [0.25, 0.3) is 0 Å². The van der Waals surface area contributed by atoms with Gasteiger partial charge < -0.3 is 5.32 Å². The quantitative estimate of drug-likeness (QED) is 0.760. The molecule has 1 N–H and O–H groups in total. The largest absolute Gasteiger partial charge is 0.352 e. The molecular weight excluding hydrogens is 164 g/mol. The third kappa shape index (κ3) is 2.86.